The van der Waals surface area contributed by atoms with Gasteiger partial charge in [-0.2, -0.15) is 0 Å². The summed E-state index contributed by atoms with van der Waals surface area (Å²) in [5, 5.41) is 6.94. The zero-order valence-corrected chi connectivity index (χ0v) is 37.4. The molecule has 3 amide bonds. The van der Waals surface area contributed by atoms with Crippen molar-refractivity contribution in [2.75, 3.05) is 27.3 Å². The van der Waals surface area contributed by atoms with Gasteiger partial charge in [-0.3, -0.25) is 9.59 Å². The van der Waals surface area contributed by atoms with Gasteiger partial charge < -0.3 is 39.9 Å². The van der Waals surface area contributed by atoms with Crippen LogP contribution in [0, 0.1) is 30.6 Å². The summed E-state index contributed by atoms with van der Waals surface area (Å²) >= 11 is 1.65. The number of thiazole rings is 1. The van der Waals surface area contributed by atoms with Crippen molar-refractivity contribution in [3.8, 4) is 33.6 Å². The van der Waals surface area contributed by atoms with E-state index in [1.807, 2.05) is 56.8 Å². The topological polar surface area (TPSA) is 170 Å². The van der Waals surface area contributed by atoms with Gasteiger partial charge in [-0.1, -0.05) is 64.1 Å². The molecule has 326 valence electrons. The van der Waals surface area contributed by atoms with Gasteiger partial charge in [0.1, 0.15) is 34.8 Å². The zero-order chi connectivity index (χ0) is 43.7. The van der Waals surface area contributed by atoms with E-state index in [2.05, 4.69) is 63.6 Å². The largest absolute Gasteiger partial charge is 0.483 e. The van der Waals surface area contributed by atoms with Crippen molar-refractivity contribution in [1.29, 1.82) is 0 Å². The van der Waals surface area contributed by atoms with Crippen LogP contribution in [0.4, 0.5) is 4.79 Å². The predicted molar refractivity (Wildman–Crippen MR) is 238 cm³/mol. The van der Waals surface area contributed by atoms with Crippen LogP contribution in [0.25, 0.3) is 43.9 Å². The standard InChI is InChI=1S/C47H57N9O5S/c1-25(2)37(50-27(5)60-7)41(57)55-23-29-15-17-46(55,19-29)43-48-21-35(52-43)32-11-9-31(10-12-32)33-13-14-34(40-39(33)51-28(6)62-40)36-22-49-44(53-36)47-18-16-30(20-47)24-56(47)42(58)38(26(3)4)54-45(59)61-8/h9-14,21-22,25-26,29-30,37-38,50H,5,15-20,23-24H2,1-4,6-8H3,(H,48,52)(H,49,53)(H,54,59)/t29-,30-,37+,38+,46+,47+/m1/s1. The first-order valence-corrected chi connectivity index (χ1v) is 22.7. The lowest BCUT2D eigenvalue weighted by Crippen LogP contribution is -2.56. The summed E-state index contributed by atoms with van der Waals surface area (Å²) in [6.07, 6.45) is 8.80. The third-order valence-electron chi connectivity index (χ3n) is 14.0. The van der Waals surface area contributed by atoms with Crippen molar-refractivity contribution in [1.82, 2.24) is 45.4 Å². The second-order valence-corrected chi connectivity index (χ2v) is 19.6. The number of nitrogens with one attached hydrogen (secondary N) is 4. The molecule has 4 aliphatic rings. The quantitative estimate of drug-likeness (QED) is 0.0862. The zero-order valence-electron chi connectivity index (χ0n) is 36.6. The Bertz CT molecular complexity index is 2540. The molecular weight excluding hydrogens is 803 g/mol. The molecule has 3 aromatic heterocycles. The van der Waals surface area contributed by atoms with Crippen molar-refractivity contribution < 1.29 is 23.9 Å². The minimum absolute atomic E-state index is 0.0457. The Labute approximate surface area is 366 Å². The maximum atomic E-state index is 14.1. The highest BCUT2D eigenvalue weighted by Gasteiger charge is 2.58. The predicted octanol–water partition coefficient (Wildman–Crippen LogP) is 7.84. The number of ether oxygens (including phenoxy) is 2. The van der Waals surface area contributed by atoms with Crippen molar-refractivity contribution in [3.05, 3.63) is 77.9 Å². The van der Waals surface area contributed by atoms with Gasteiger partial charge in [0.05, 0.1) is 40.8 Å². The van der Waals surface area contributed by atoms with Crippen LogP contribution in [0.3, 0.4) is 0 Å². The van der Waals surface area contributed by atoms with Gasteiger partial charge in [-0.25, -0.2) is 19.7 Å². The Kier molecular flexibility index (Phi) is 10.7. The number of methoxy groups -OCH3 is 2. The number of rotatable bonds is 13. The summed E-state index contributed by atoms with van der Waals surface area (Å²) in [7, 11) is 2.87. The molecule has 0 radical (unpaired) electrons. The second kappa shape index (κ2) is 15.9. The Hall–Kier alpha value is -5.70. The number of imidazole rings is 2. The summed E-state index contributed by atoms with van der Waals surface area (Å²) in [5.74, 6) is 2.71. The molecule has 2 aliphatic carbocycles. The minimum Gasteiger partial charge on any atom is -0.483 e. The fraction of sp³-hybridized carbons (Fsp3) is 0.489. The van der Waals surface area contributed by atoms with Gasteiger partial charge in [-0.15, -0.1) is 11.3 Å². The lowest BCUT2D eigenvalue weighted by atomic mass is 9.93. The van der Waals surface area contributed by atoms with Crippen LogP contribution >= 0.6 is 11.3 Å². The van der Waals surface area contributed by atoms with Gasteiger partial charge in [0.15, 0.2) is 5.88 Å². The third kappa shape index (κ3) is 6.92. The summed E-state index contributed by atoms with van der Waals surface area (Å²) < 4.78 is 11.2. The molecule has 6 atom stereocenters. The first-order valence-electron chi connectivity index (χ1n) is 21.8. The van der Waals surface area contributed by atoms with Crippen LogP contribution < -0.4 is 10.6 Å². The van der Waals surface area contributed by atoms with Crippen LogP contribution in [-0.2, 0) is 30.1 Å². The van der Waals surface area contributed by atoms with E-state index in [0.29, 0.717) is 24.3 Å². The van der Waals surface area contributed by atoms with E-state index in [0.717, 1.165) is 106 Å². The maximum absolute atomic E-state index is 14.1. The van der Waals surface area contributed by atoms with Gasteiger partial charge >= 0.3 is 6.09 Å². The average molecular weight is 860 g/mol. The van der Waals surface area contributed by atoms with Crippen molar-refractivity contribution in [2.24, 2.45) is 23.7 Å². The average Bonchev–Trinajstić information content (AvgIpc) is 4.13. The molecule has 4 N–H and O–H groups in total. The Morgan fingerprint density at radius 1 is 0.758 bits per heavy atom. The molecule has 14 nitrogen and oxygen atoms in total. The number of hydrogen-bond donors (Lipinski definition) is 4. The molecule has 62 heavy (non-hydrogen) atoms. The molecule has 2 saturated heterocycles. The van der Waals surface area contributed by atoms with E-state index >= 15 is 0 Å². The molecule has 2 aliphatic heterocycles. The molecule has 5 heterocycles. The van der Waals surface area contributed by atoms with E-state index in [1.54, 1.807) is 18.4 Å². The highest BCUT2D eigenvalue weighted by Crippen LogP contribution is 2.54. The number of benzene rings is 2. The molecular formula is C47H57N9O5S. The number of amides is 3. The highest BCUT2D eigenvalue weighted by atomic mass is 32.1. The van der Waals surface area contributed by atoms with Crippen LogP contribution in [0.15, 0.2) is 61.3 Å². The Balaban J connectivity index is 0.965. The van der Waals surface area contributed by atoms with E-state index in [1.165, 1.54) is 7.11 Å². The molecule has 2 saturated carbocycles. The molecule has 4 fully saturated rings. The Morgan fingerprint density at radius 2 is 1.29 bits per heavy atom. The monoisotopic (exact) mass is 859 g/mol. The number of alkyl carbamates (subject to hydrolysis) is 1. The van der Waals surface area contributed by atoms with Crippen molar-refractivity contribution in [2.45, 2.75) is 96.3 Å². The number of aromatic nitrogens is 5. The molecule has 9 rings (SSSR count). The lowest BCUT2D eigenvalue weighted by molar-refractivity contribution is -0.141. The first kappa shape index (κ1) is 41.6. The van der Waals surface area contributed by atoms with Crippen LogP contribution in [-0.4, -0.2) is 92.0 Å². The van der Waals surface area contributed by atoms with Crippen LogP contribution in [0.1, 0.15) is 82.9 Å². The van der Waals surface area contributed by atoms with E-state index in [9.17, 15) is 14.4 Å². The molecule has 15 heteroatoms. The molecule has 5 aromatic rings. The first-order chi connectivity index (χ1) is 29.7. The summed E-state index contributed by atoms with van der Waals surface area (Å²) in [6, 6.07) is 11.5. The van der Waals surface area contributed by atoms with E-state index < -0.39 is 29.3 Å². The fourth-order valence-corrected chi connectivity index (χ4v) is 11.7. The maximum Gasteiger partial charge on any atom is 0.407 e. The van der Waals surface area contributed by atoms with Gasteiger partial charge in [-0.05, 0) is 81.3 Å². The smallest absolute Gasteiger partial charge is 0.407 e. The van der Waals surface area contributed by atoms with Crippen molar-refractivity contribution >= 4 is 39.5 Å². The Morgan fingerprint density at radius 3 is 1.84 bits per heavy atom. The normalized spacial score (nSPS) is 23.7. The highest BCUT2D eigenvalue weighted by molar-refractivity contribution is 7.19. The summed E-state index contributed by atoms with van der Waals surface area (Å²) in [4.78, 5) is 66.8. The number of fused-ring (bicyclic) bond motifs is 5. The number of aryl methyl sites for hydroxylation is 1. The number of nitrogens with zero attached hydrogens (tertiary/aromatic N) is 5. The molecule has 0 unspecified atom stereocenters. The van der Waals surface area contributed by atoms with E-state index in [-0.39, 0.29) is 23.7 Å². The number of piperidine rings is 2. The van der Waals surface area contributed by atoms with Gasteiger partial charge in [0, 0.05) is 42.2 Å². The number of carbonyl (C=O) groups is 3. The molecule has 4 bridgehead atoms. The number of likely N-dealkylation sites (tertiary alicyclic amines) is 2. The number of hydrogen-bond acceptors (Lipinski definition) is 10. The summed E-state index contributed by atoms with van der Waals surface area (Å²) in [6.45, 7) is 15.2. The minimum atomic E-state index is -0.699. The fourth-order valence-electron chi connectivity index (χ4n) is 10.8. The number of H-pyrrole nitrogens is 2. The van der Waals surface area contributed by atoms with Crippen molar-refractivity contribution in [3.63, 3.8) is 0 Å². The number of carbonyl (C=O) groups excluding carboxylic acids is 3. The molecule has 2 aromatic carbocycles. The second-order valence-electron chi connectivity index (χ2n) is 18.4. The lowest BCUT2D eigenvalue weighted by Gasteiger charge is -2.40. The van der Waals surface area contributed by atoms with Gasteiger partial charge in [0.2, 0.25) is 11.8 Å². The van der Waals surface area contributed by atoms with Gasteiger partial charge in [0.25, 0.3) is 0 Å². The SMILES string of the molecule is C=C(N[C@H](C(=O)N1C[C@@H]2CC[C@@]1(c1nc(-c3ccc(-c4ccc(-c5c[nH]c([C@@]67CC[C@@H](CN6C(=O)[C@@H](NC(=O)OC)C(C)C)C7)n5)c5sc(C)nc45)cc3)c[nH]1)C2)C(C)C)OC. The summed E-state index contributed by atoms with van der Waals surface area (Å²) in [5.41, 5.74) is 5.56. The van der Waals surface area contributed by atoms with Crippen LogP contribution in [0.2, 0.25) is 0 Å². The number of aromatic amines is 2. The van der Waals surface area contributed by atoms with E-state index in [4.69, 9.17) is 24.4 Å². The third-order valence-corrected chi connectivity index (χ3v) is 15.0. The molecule has 0 spiro atoms. The van der Waals surface area contributed by atoms with Crippen LogP contribution in [0.5, 0.6) is 0 Å².